The first-order chi connectivity index (χ1) is 10.9. The highest BCUT2D eigenvalue weighted by Gasteiger charge is 2.14. The third kappa shape index (κ3) is 12.1. The number of hydrogen-bond acceptors (Lipinski definition) is 8. The van der Waals surface area contributed by atoms with E-state index in [9.17, 15) is 15.0 Å². The number of aliphatic hydroxyl groups excluding tert-OH is 2. The predicted octanol–water partition coefficient (Wildman–Crippen LogP) is -0.478. The first-order valence-corrected chi connectivity index (χ1v) is 7.26. The lowest BCUT2D eigenvalue weighted by atomic mass is 10.3. The summed E-state index contributed by atoms with van der Waals surface area (Å²) in [7, 11) is 3.10. The first-order valence-electron chi connectivity index (χ1n) is 7.26. The van der Waals surface area contributed by atoms with Crippen LogP contribution in [0.25, 0.3) is 0 Å². The Morgan fingerprint density at radius 1 is 0.957 bits per heavy atom. The SMILES string of the molecule is C=C(C)C(=O)OCC(O)COCC(O)COC(COC)COC. The second-order valence-corrected chi connectivity index (χ2v) is 5.09. The summed E-state index contributed by atoms with van der Waals surface area (Å²) in [5, 5.41) is 19.3. The number of rotatable bonds is 14. The summed E-state index contributed by atoms with van der Waals surface area (Å²) in [6.45, 7) is 5.43. The Balaban J connectivity index is 3.77. The molecule has 136 valence electrons. The molecule has 0 aromatic rings. The van der Waals surface area contributed by atoms with Crippen molar-refractivity contribution in [3.63, 3.8) is 0 Å². The van der Waals surface area contributed by atoms with Crippen molar-refractivity contribution < 1.29 is 38.7 Å². The zero-order valence-corrected chi connectivity index (χ0v) is 14.0. The van der Waals surface area contributed by atoms with Gasteiger partial charge in [0.2, 0.25) is 0 Å². The molecule has 2 unspecified atom stereocenters. The fraction of sp³-hybridized carbons (Fsp3) is 0.800. The molecular weight excluding hydrogens is 308 g/mol. The molecule has 0 rings (SSSR count). The maximum absolute atomic E-state index is 11.1. The Hall–Kier alpha value is -1.03. The maximum atomic E-state index is 11.1. The number of carbonyl (C=O) groups excluding carboxylic acids is 1. The lowest BCUT2D eigenvalue weighted by Crippen LogP contribution is -2.32. The molecule has 0 bridgehead atoms. The number of ether oxygens (including phenoxy) is 5. The smallest absolute Gasteiger partial charge is 0.333 e. The van der Waals surface area contributed by atoms with E-state index in [-0.39, 0.29) is 38.1 Å². The third-order valence-corrected chi connectivity index (χ3v) is 2.61. The normalized spacial score (nSPS) is 13.8. The Kier molecular flexibility index (Phi) is 12.8. The van der Waals surface area contributed by atoms with Crippen molar-refractivity contribution in [2.75, 3.05) is 53.9 Å². The number of methoxy groups -OCH3 is 2. The molecule has 8 nitrogen and oxygen atoms in total. The molecule has 0 aliphatic heterocycles. The summed E-state index contributed by atoms with van der Waals surface area (Å²) in [5.41, 5.74) is 0.257. The van der Waals surface area contributed by atoms with E-state index in [1.54, 1.807) is 14.2 Å². The average molecular weight is 336 g/mol. The van der Waals surface area contributed by atoms with Gasteiger partial charge in [0.25, 0.3) is 0 Å². The molecule has 0 amide bonds. The molecule has 0 aliphatic rings. The van der Waals surface area contributed by atoms with Crippen molar-refractivity contribution in [3.8, 4) is 0 Å². The summed E-state index contributed by atoms with van der Waals surface area (Å²) < 4.78 is 25.3. The van der Waals surface area contributed by atoms with Crippen molar-refractivity contribution >= 4 is 5.97 Å². The Labute approximate surface area is 136 Å². The van der Waals surface area contributed by atoms with Crippen molar-refractivity contribution in [1.82, 2.24) is 0 Å². The maximum Gasteiger partial charge on any atom is 0.333 e. The lowest BCUT2D eigenvalue weighted by Gasteiger charge is -2.19. The molecule has 0 radical (unpaired) electrons. The van der Waals surface area contributed by atoms with Gasteiger partial charge < -0.3 is 33.9 Å². The third-order valence-electron chi connectivity index (χ3n) is 2.61. The van der Waals surface area contributed by atoms with Gasteiger partial charge in [-0.1, -0.05) is 6.58 Å². The molecule has 0 heterocycles. The summed E-state index contributed by atoms with van der Waals surface area (Å²) in [5.74, 6) is -0.570. The number of carbonyl (C=O) groups is 1. The monoisotopic (exact) mass is 336 g/mol. The van der Waals surface area contributed by atoms with Crippen molar-refractivity contribution in [2.45, 2.75) is 25.2 Å². The standard InChI is InChI=1S/C15H28O8/c1-11(2)15(18)23-8-13(17)6-21-5-12(16)7-22-14(9-19-3)10-20-4/h12-14,16-17H,1,5-10H2,2-4H3. The Morgan fingerprint density at radius 2 is 1.48 bits per heavy atom. The van der Waals surface area contributed by atoms with E-state index >= 15 is 0 Å². The molecule has 0 spiro atoms. The van der Waals surface area contributed by atoms with E-state index in [1.165, 1.54) is 6.92 Å². The number of aliphatic hydroxyl groups is 2. The van der Waals surface area contributed by atoms with Crippen LogP contribution in [-0.4, -0.2) is 88.4 Å². The van der Waals surface area contributed by atoms with Gasteiger partial charge in [-0.3, -0.25) is 0 Å². The first kappa shape index (κ1) is 22.0. The molecule has 23 heavy (non-hydrogen) atoms. The molecule has 0 saturated carbocycles. The van der Waals surface area contributed by atoms with Crippen LogP contribution in [0.15, 0.2) is 12.2 Å². The van der Waals surface area contributed by atoms with Crippen LogP contribution >= 0.6 is 0 Å². The second kappa shape index (κ2) is 13.4. The van der Waals surface area contributed by atoms with E-state index in [1.807, 2.05) is 0 Å². The molecule has 8 heteroatoms. The summed E-state index contributed by atoms with van der Waals surface area (Å²) in [6, 6.07) is 0. The lowest BCUT2D eigenvalue weighted by molar-refractivity contribution is -0.143. The minimum atomic E-state index is -0.971. The summed E-state index contributed by atoms with van der Waals surface area (Å²) >= 11 is 0. The highest BCUT2D eigenvalue weighted by atomic mass is 16.6. The minimum Gasteiger partial charge on any atom is -0.460 e. The molecule has 0 aromatic heterocycles. The van der Waals surface area contributed by atoms with E-state index in [2.05, 4.69) is 6.58 Å². The van der Waals surface area contributed by atoms with E-state index in [4.69, 9.17) is 23.7 Å². The number of esters is 1. The van der Waals surface area contributed by atoms with Crippen LogP contribution < -0.4 is 0 Å². The largest absolute Gasteiger partial charge is 0.460 e. The number of hydrogen-bond donors (Lipinski definition) is 2. The topological polar surface area (TPSA) is 104 Å². The molecule has 0 fully saturated rings. The second-order valence-electron chi connectivity index (χ2n) is 5.09. The van der Waals surface area contributed by atoms with Crippen LogP contribution in [-0.2, 0) is 28.5 Å². The van der Waals surface area contributed by atoms with Gasteiger partial charge in [-0.2, -0.15) is 0 Å². The molecule has 0 aromatic carbocycles. The van der Waals surface area contributed by atoms with Crippen LogP contribution in [0.1, 0.15) is 6.92 Å². The van der Waals surface area contributed by atoms with Gasteiger partial charge in [0.05, 0.1) is 33.0 Å². The molecule has 2 N–H and O–H groups in total. The van der Waals surface area contributed by atoms with Crippen LogP contribution in [0.3, 0.4) is 0 Å². The fourth-order valence-corrected chi connectivity index (χ4v) is 1.49. The van der Waals surface area contributed by atoms with Gasteiger partial charge in [-0.15, -0.1) is 0 Å². The van der Waals surface area contributed by atoms with Crippen LogP contribution in [0, 0.1) is 0 Å². The molecule has 0 saturated heterocycles. The van der Waals surface area contributed by atoms with Gasteiger partial charge in [0.1, 0.15) is 24.9 Å². The van der Waals surface area contributed by atoms with Crippen molar-refractivity contribution in [3.05, 3.63) is 12.2 Å². The Bertz CT molecular complexity index is 327. The highest BCUT2D eigenvalue weighted by Crippen LogP contribution is 1.99. The highest BCUT2D eigenvalue weighted by molar-refractivity contribution is 5.86. The zero-order chi connectivity index (χ0) is 17.7. The Morgan fingerprint density at radius 3 is 1.96 bits per heavy atom. The molecule has 2 atom stereocenters. The predicted molar refractivity (Wildman–Crippen MR) is 82.1 cm³/mol. The van der Waals surface area contributed by atoms with Gasteiger partial charge in [0, 0.05) is 19.8 Å². The van der Waals surface area contributed by atoms with Crippen LogP contribution in [0.5, 0.6) is 0 Å². The van der Waals surface area contributed by atoms with Crippen LogP contribution in [0.4, 0.5) is 0 Å². The van der Waals surface area contributed by atoms with Gasteiger partial charge in [-0.05, 0) is 6.92 Å². The van der Waals surface area contributed by atoms with E-state index < -0.39 is 18.2 Å². The van der Waals surface area contributed by atoms with Gasteiger partial charge in [0.15, 0.2) is 0 Å². The van der Waals surface area contributed by atoms with Gasteiger partial charge >= 0.3 is 5.97 Å². The average Bonchev–Trinajstić information content (AvgIpc) is 2.50. The van der Waals surface area contributed by atoms with Crippen LogP contribution in [0.2, 0.25) is 0 Å². The fourth-order valence-electron chi connectivity index (χ4n) is 1.49. The minimum absolute atomic E-state index is 0.0157. The molecule has 0 aliphatic carbocycles. The van der Waals surface area contributed by atoms with Crippen molar-refractivity contribution in [1.29, 1.82) is 0 Å². The molecular formula is C15H28O8. The van der Waals surface area contributed by atoms with Gasteiger partial charge in [-0.25, -0.2) is 4.79 Å². The summed E-state index contributed by atoms with van der Waals surface area (Å²) in [6.07, 6.45) is -2.09. The quantitative estimate of drug-likeness (QED) is 0.324. The van der Waals surface area contributed by atoms with E-state index in [0.717, 1.165) is 0 Å². The van der Waals surface area contributed by atoms with Crippen molar-refractivity contribution in [2.24, 2.45) is 0 Å². The zero-order valence-electron chi connectivity index (χ0n) is 14.0. The summed E-state index contributed by atoms with van der Waals surface area (Å²) in [4.78, 5) is 11.1. The van der Waals surface area contributed by atoms with E-state index in [0.29, 0.717) is 13.2 Å².